The molecule has 2 aromatic rings. The van der Waals surface area contributed by atoms with E-state index < -0.39 is 0 Å². The van der Waals surface area contributed by atoms with Gasteiger partial charge < -0.3 is 10.1 Å². The van der Waals surface area contributed by atoms with Gasteiger partial charge >= 0.3 is 5.97 Å². The number of hydrogen-bond donors (Lipinski definition) is 1. The molecule has 2 heterocycles. The summed E-state index contributed by atoms with van der Waals surface area (Å²) in [5.41, 5.74) is 0.768. The van der Waals surface area contributed by atoms with Gasteiger partial charge in [-0.05, 0) is 37.8 Å². The highest BCUT2D eigenvalue weighted by Gasteiger charge is 2.30. The maximum Gasteiger partial charge on any atom is 0.308 e. The minimum Gasteiger partial charge on any atom is -0.469 e. The van der Waals surface area contributed by atoms with Crippen molar-refractivity contribution in [3.05, 3.63) is 31.0 Å². The number of nitrogens with zero attached hydrogens (tertiary/aromatic N) is 4. The molecule has 0 saturated heterocycles. The molecular formula is C16H19N5O3. The van der Waals surface area contributed by atoms with Crippen LogP contribution in [0.3, 0.4) is 0 Å². The van der Waals surface area contributed by atoms with Gasteiger partial charge in [0.25, 0.3) is 0 Å². The molecule has 8 heteroatoms. The van der Waals surface area contributed by atoms with Crippen LogP contribution in [-0.4, -0.2) is 38.7 Å². The number of aromatic nitrogens is 4. The molecule has 3 rings (SSSR count). The summed E-state index contributed by atoms with van der Waals surface area (Å²) in [5.74, 6) is 0.0827. The molecule has 1 aliphatic carbocycles. The third-order valence-electron chi connectivity index (χ3n) is 4.31. The lowest BCUT2D eigenvalue weighted by atomic mass is 9.81. The number of methoxy groups -OCH3 is 1. The van der Waals surface area contributed by atoms with E-state index in [1.165, 1.54) is 13.4 Å². The van der Waals surface area contributed by atoms with Crippen LogP contribution in [-0.2, 0) is 14.3 Å². The van der Waals surface area contributed by atoms with E-state index in [0.29, 0.717) is 31.5 Å². The molecule has 1 saturated carbocycles. The first-order valence-electron chi connectivity index (χ1n) is 7.87. The second-order valence-corrected chi connectivity index (χ2v) is 5.80. The van der Waals surface area contributed by atoms with Gasteiger partial charge in [-0.3, -0.25) is 9.59 Å². The number of anilines is 1. The highest BCUT2D eigenvalue weighted by molar-refractivity contribution is 5.91. The van der Waals surface area contributed by atoms with Crippen LogP contribution in [0.1, 0.15) is 25.7 Å². The summed E-state index contributed by atoms with van der Waals surface area (Å²) in [4.78, 5) is 32.0. The standard InChI is InChI=1S/C16H19N5O3/c1-24-16(23)12-4-2-11(3-5-12)15(22)20-14-7-6-13(8-18-14)21-10-17-9-19-21/h6-12H,2-5H2,1H3,(H,18,20,22). The Balaban J connectivity index is 1.55. The fourth-order valence-electron chi connectivity index (χ4n) is 2.92. The molecule has 0 bridgehead atoms. The Hall–Kier alpha value is -2.77. The molecule has 8 nitrogen and oxygen atoms in total. The van der Waals surface area contributed by atoms with Gasteiger partial charge in [-0.25, -0.2) is 14.6 Å². The molecule has 0 spiro atoms. The summed E-state index contributed by atoms with van der Waals surface area (Å²) in [7, 11) is 1.40. The van der Waals surface area contributed by atoms with Gasteiger partial charge in [-0.15, -0.1) is 0 Å². The number of ether oxygens (including phenoxy) is 1. The number of amides is 1. The second-order valence-electron chi connectivity index (χ2n) is 5.80. The minimum atomic E-state index is -0.181. The van der Waals surface area contributed by atoms with Gasteiger partial charge in [0.05, 0.1) is 24.9 Å². The quantitative estimate of drug-likeness (QED) is 0.855. The second kappa shape index (κ2) is 7.20. The van der Waals surface area contributed by atoms with Gasteiger partial charge in [0.1, 0.15) is 18.5 Å². The zero-order valence-corrected chi connectivity index (χ0v) is 13.4. The summed E-state index contributed by atoms with van der Waals surface area (Å²) < 4.78 is 6.35. The lowest BCUT2D eigenvalue weighted by Gasteiger charge is -2.25. The van der Waals surface area contributed by atoms with Crippen molar-refractivity contribution in [1.82, 2.24) is 19.7 Å². The molecule has 0 radical (unpaired) electrons. The molecule has 126 valence electrons. The lowest BCUT2D eigenvalue weighted by molar-refractivity contribution is -0.147. The zero-order chi connectivity index (χ0) is 16.9. The average molecular weight is 329 g/mol. The van der Waals surface area contributed by atoms with Gasteiger partial charge in [0, 0.05) is 5.92 Å². The predicted octanol–water partition coefficient (Wildman–Crippen LogP) is 1.58. The lowest BCUT2D eigenvalue weighted by Crippen LogP contribution is -2.30. The smallest absolute Gasteiger partial charge is 0.308 e. The Morgan fingerprint density at radius 3 is 2.54 bits per heavy atom. The van der Waals surface area contributed by atoms with Crippen molar-refractivity contribution >= 4 is 17.7 Å². The van der Waals surface area contributed by atoms with Crippen LogP contribution in [0.25, 0.3) is 5.69 Å². The normalized spacial score (nSPS) is 20.4. The largest absolute Gasteiger partial charge is 0.469 e. The van der Waals surface area contributed by atoms with E-state index in [1.54, 1.807) is 23.3 Å². The monoisotopic (exact) mass is 329 g/mol. The first-order chi connectivity index (χ1) is 11.7. The Morgan fingerprint density at radius 1 is 1.21 bits per heavy atom. The highest BCUT2D eigenvalue weighted by Crippen LogP contribution is 2.30. The summed E-state index contributed by atoms with van der Waals surface area (Å²) in [6, 6.07) is 3.54. The van der Waals surface area contributed by atoms with Crippen LogP contribution in [0.5, 0.6) is 0 Å². The SMILES string of the molecule is COC(=O)C1CCC(C(=O)Nc2ccc(-n3cncn3)cn2)CC1. The van der Waals surface area contributed by atoms with Crippen molar-refractivity contribution in [2.24, 2.45) is 11.8 Å². The highest BCUT2D eigenvalue weighted by atomic mass is 16.5. The molecule has 1 N–H and O–H groups in total. The molecular weight excluding hydrogens is 310 g/mol. The molecule has 1 aliphatic rings. The van der Waals surface area contributed by atoms with Crippen LogP contribution in [0.2, 0.25) is 0 Å². The van der Waals surface area contributed by atoms with Gasteiger partial charge in [-0.2, -0.15) is 5.10 Å². The third-order valence-corrected chi connectivity index (χ3v) is 4.31. The Morgan fingerprint density at radius 2 is 1.96 bits per heavy atom. The number of pyridine rings is 1. The molecule has 0 aliphatic heterocycles. The van der Waals surface area contributed by atoms with Crippen molar-refractivity contribution in [3.8, 4) is 5.69 Å². The Labute approximate surface area is 139 Å². The van der Waals surface area contributed by atoms with E-state index in [-0.39, 0.29) is 23.7 Å². The van der Waals surface area contributed by atoms with Crippen molar-refractivity contribution in [1.29, 1.82) is 0 Å². The van der Waals surface area contributed by atoms with E-state index in [9.17, 15) is 9.59 Å². The summed E-state index contributed by atoms with van der Waals surface area (Å²) in [6.07, 6.45) is 7.38. The first kappa shape index (κ1) is 16.1. The average Bonchev–Trinajstić information content (AvgIpc) is 3.16. The van der Waals surface area contributed by atoms with Crippen LogP contribution in [0.4, 0.5) is 5.82 Å². The zero-order valence-electron chi connectivity index (χ0n) is 13.4. The van der Waals surface area contributed by atoms with Gasteiger partial charge in [-0.1, -0.05) is 0 Å². The Bertz CT molecular complexity index is 691. The third kappa shape index (κ3) is 3.58. The summed E-state index contributed by atoms with van der Waals surface area (Å²) in [6.45, 7) is 0. The predicted molar refractivity (Wildman–Crippen MR) is 85.2 cm³/mol. The van der Waals surface area contributed by atoms with Crippen molar-refractivity contribution in [2.45, 2.75) is 25.7 Å². The van der Waals surface area contributed by atoms with Crippen LogP contribution in [0.15, 0.2) is 31.0 Å². The van der Waals surface area contributed by atoms with E-state index in [4.69, 9.17) is 4.74 Å². The maximum absolute atomic E-state index is 12.3. The van der Waals surface area contributed by atoms with Crippen molar-refractivity contribution < 1.29 is 14.3 Å². The number of nitrogens with one attached hydrogen (secondary N) is 1. The first-order valence-corrected chi connectivity index (χ1v) is 7.87. The van der Waals surface area contributed by atoms with E-state index in [1.807, 2.05) is 6.07 Å². The molecule has 0 unspecified atom stereocenters. The van der Waals surface area contributed by atoms with E-state index in [0.717, 1.165) is 5.69 Å². The van der Waals surface area contributed by atoms with E-state index >= 15 is 0 Å². The molecule has 1 fully saturated rings. The fourth-order valence-corrected chi connectivity index (χ4v) is 2.92. The number of carbonyl (C=O) groups excluding carboxylic acids is 2. The van der Waals surface area contributed by atoms with Crippen LogP contribution >= 0.6 is 0 Å². The number of esters is 1. The molecule has 0 aromatic carbocycles. The van der Waals surface area contributed by atoms with Gasteiger partial charge in [0.2, 0.25) is 5.91 Å². The van der Waals surface area contributed by atoms with E-state index in [2.05, 4.69) is 20.4 Å². The Kier molecular flexibility index (Phi) is 4.83. The number of carbonyl (C=O) groups is 2. The minimum absolute atomic E-state index is 0.0562. The fraction of sp³-hybridized carbons (Fsp3) is 0.438. The molecule has 0 atom stereocenters. The molecule has 24 heavy (non-hydrogen) atoms. The van der Waals surface area contributed by atoms with Crippen molar-refractivity contribution in [2.75, 3.05) is 12.4 Å². The van der Waals surface area contributed by atoms with Crippen LogP contribution in [0, 0.1) is 11.8 Å². The summed E-state index contributed by atoms with van der Waals surface area (Å²) in [5, 5.41) is 6.85. The maximum atomic E-state index is 12.3. The van der Waals surface area contributed by atoms with Gasteiger partial charge in [0.15, 0.2) is 0 Å². The van der Waals surface area contributed by atoms with Crippen molar-refractivity contribution in [3.63, 3.8) is 0 Å². The number of hydrogen-bond acceptors (Lipinski definition) is 6. The number of rotatable bonds is 4. The van der Waals surface area contributed by atoms with Crippen LogP contribution < -0.4 is 5.32 Å². The summed E-state index contributed by atoms with van der Waals surface area (Å²) >= 11 is 0. The molecule has 1 amide bonds. The molecule has 2 aromatic heterocycles. The topological polar surface area (TPSA) is 99.0 Å².